The number of aliphatic carboxylic acids is 1. The lowest BCUT2D eigenvalue weighted by Gasteiger charge is -2.18. The highest BCUT2D eigenvalue weighted by molar-refractivity contribution is 6.28. The highest BCUT2D eigenvalue weighted by Crippen LogP contribution is 2.43. The van der Waals surface area contributed by atoms with Gasteiger partial charge in [-0.15, -0.1) is 5.06 Å². The molecular weight excluding hydrogens is 294 g/mol. The number of hydroxylamine groups is 2. The standard InChI is InChI=1S/C15H12ClNO4/c1-17-13(10-7-8-11(16)20-10)12(14(21-17)15(18)19)9-5-3-2-4-6-9/h2-8,13H,1H3,(H,18,19). The molecule has 1 aromatic carbocycles. The van der Waals surface area contributed by atoms with Gasteiger partial charge in [-0.05, 0) is 29.3 Å². The SMILES string of the molecule is CN1OC(C(=O)O)=C(c2ccccc2)C1c1ccc(Cl)o1. The van der Waals surface area contributed by atoms with Crippen LogP contribution >= 0.6 is 11.6 Å². The largest absolute Gasteiger partial charge is 0.475 e. The lowest BCUT2D eigenvalue weighted by molar-refractivity contribution is -0.149. The van der Waals surface area contributed by atoms with Gasteiger partial charge in [0.15, 0.2) is 5.22 Å². The maximum atomic E-state index is 11.4. The maximum Gasteiger partial charge on any atom is 0.374 e. The second-order valence-corrected chi connectivity index (χ2v) is 4.97. The maximum absolute atomic E-state index is 11.4. The van der Waals surface area contributed by atoms with Crippen molar-refractivity contribution in [1.29, 1.82) is 0 Å². The number of hydrogen-bond acceptors (Lipinski definition) is 4. The van der Waals surface area contributed by atoms with E-state index in [0.717, 1.165) is 5.56 Å². The molecule has 5 nitrogen and oxygen atoms in total. The molecule has 1 atom stereocenters. The van der Waals surface area contributed by atoms with Crippen molar-refractivity contribution in [1.82, 2.24) is 5.06 Å². The topological polar surface area (TPSA) is 62.9 Å². The fourth-order valence-electron chi connectivity index (χ4n) is 2.41. The Morgan fingerprint density at radius 1 is 1.24 bits per heavy atom. The van der Waals surface area contributed by atoms with Gasteiger partial charge in [0, 0.05) is 12.6 Å². The number of hydrogen-bond donors (Lipinski definition) is 1. The van der Waals surface area contributed by atoms with Crippen molar-refractivity contribution < 1.29 is 19.2 Å². The summed E-state index contributed by atoms with van der Waals surface area (Å²) in [5.74, 6) is -0.709. The predicted octanol–water partition coefficient (Wildman–Crippen LogP) is 3.35. The minimum atomic E-state index is -1.12. The minimum absolute atomic E-state index is 0.110. The molecule has 0 aliphatic carbocycles. The van der Waals surface area contributed by atoms with E-state index in [1.807, 2.05) is 30.3 Å². The first kappa shape index (κ1) is 13.7. The summed E-state index contributed by atoms with van der Waals surface area (Å²) in [6.45, 7) is 0. The van der Waals surface area contributed by atoms with E-state index >= 15 is 0 Å². The summed E-state index contributed by atoms with van der Waals surface area (Å²) in [6.07, 6.45) is 0. The third-order valence-corrected chi connectivity index (χ3v) is 3.46. The van der Waals surface area contributed by atoms with Crippen LogP contribution in [0.5, 0.6) is 0 Å². The minimum Gasteiger partial charge on any atom is -0.475 e. The lowest BCUT2D eigenvalue weighted by Crippen LogP contribution is -2.18. The van der Waals surface area contributed by atoms with Gasteiger partial charge in [0.1, 0.15) is 11.8 Å². The van der Waals surface area contributed by atoms with Crippen LogP contribution in [0, 0.1) is 0 Å². The van der Waals surface area contributed by atoms with Gasteiger partial charge in [0.25, 0.3) is 0 Å². The van der Waals surface area contributed by atoms with Crippen molar-refractivity contribution in [2.45, 2.75) is 6.04 Å². The number of halogens is 1. The number of furan rings is 1. The number of carbonyl (C=O) groups is 1. The summed E-state index contributed by atoms with van der Waals surface area (Å²) in [7, 11) is 1.65. The van der Waals surface area contributed by atoms with Gasteiger partial charge in [0.05, 0.1) is 0 Å². The van der Waals surface area contributed by atoms with Crippen LogP contribution in [0.2, 0.25) is 5.22 Å². The summed E-state index contributed by atoms with van der Waals surface area (Å²) in [5.41, 5.74) is 1.30. The molecular formula is C15H12ClNO4. The van der Waals surface area contributed by atoms with Gasteiger partial charge in [-0.3, -0.25) is 0 Å². The monoisotopic (exact) mass is 305 g/mol. The number of rotatable bonds is 3. The van der Waals surface area contributed by atoms with Gasteiger partial charge in [-0.25, -0.2) is 4.79 Å². The Kier molecular flexibility index (Phi) is 3.45. The normalized spacial score (nSPS) is 18.9. The van der Waals surface area contributed by atoms with Gasteiger partial charge in [-0.2, -0.15) is 0 Å². The zero-order valence-corrected chi connectivity index (χ0v) is 11.9. The van der Waals surface area contributed by atoms with E-state index in [1.165, 1.54) is 5.06 Å². The van der Waals surface area contributed by atoms with Crippen LogP contribution in [0.1, 0.15) is 17.4 Å². The number of carboxylic acids is 1. The molecule has 108 valence electrons. The van der Waals surface area contributed by atoms with E-state index in [-0.39, 0.29) is 11.0 Å². The van der Waals surface area contributed by atoms with Crippen molar-refractivity contribution in [3.63, 3.8) is 0 Å². The molecule has 6 heteroatoms. The summed E-state index contributed by atoms with van der Waals surface area (Å²) in [6, 6.07) is 12.1. The fourth-order valence-corrected chi connectivity index (χ4v) is 2.56. The molecule has 1 unspecified atom stereocenters. The molecule has 0 saturated carbocycles. The third-order valence-electron chi connectivity index (χ3n) is 3.26. The Bertz CT molecular complexity index is 707. The van der Waals surface area contributed by atoms with Crippen molar-refractivity contribution in [2.75, 3.05) is 7.05 Å². The molecule has 0 radical (unpaired) electrons. The zero-order chi connectivity index (χ0) is 15.0. The Hall–Kier alpha value is -2.24. The zero-order valence-electron chi connectivity index (χ0n) is 11.1. The molecule has 0 bridgehead atoms. The second-order valence-electron chi connectivity index (χ2n) is 4.60. The molecule has 2 aromatic rings. The number of likely N-dealkylation sites (N-methyl/N-ethyl adjacent to an activating group) is 1. The van der Waals surface area contributed by atoms with Gasteiger partial charge in [-0.1, -0.05) is 30.3 Å². The average molecular weight is 306 g/mol. The number of carboxylic acid groups (broad SMARTS) is 1. The first-order valence-electron chi connectivity index (χ1n) is 6.27. The lowest BCUT2D eigenvalue weighted by atomic mass is 9.96. The first-order valence-corrected chi connectivity index (χ1v) is 6.64. The van der Waals surface area contributed by atoms with E-state index in [9.17, 15) is 9.90 Å². The van der Waals surface area contributed by atoms with Crippen molar-refractivity contribution in [2.24, 2.45) is 0 Å². The Morgan fingerprint density at radius 2 is 1.95 bits per heavy atom. The molecule has 0 amide bonds. The van der Waals surface area contributed by atoms with Crippen LogP contribution < -0.4 is 0 Å². The van der Waals surface area contributed by atoms with Crippen LogP contribution in [0.15, 0.2) is 52.6 Å². The molecule has 1 aliphatic rings. The summed E-state index contributed by atoms with van der Waals surface area (Å²) < 4.78 is 5.43. The molecule has 1 aromatic heterocycles. The molecule has 3 rings (SSSR count). The fraction of sp³-hybridized carbons (Fsp3) is 0.133. The molecule has 0 fully saturated rings. The van der Waals surface area contributed by atoms with Crippen LogP contribution in [0.4, 0.5) is 0 Å². The highest BCUT2D eigenvalue weighted by atomic mass is 35.5. The molecule has 1 N–H and O–H groups in total. The van der Waals surface area contributed by atoms with Gasteiger partial charge < -0.3 is 14.4 Å². The molecule has 2 heterocycles. The predicted molar refractivity (Wildman–Crippen MR) is 76.3 cm³/mol. The summed E-state index contributed by atoms with van der Waals surface area (Å²) >= 11 is 5.82. The van der Waals surface area contributed by atoms with Crippen molar-refractivity contribution in [3.8, 4) is 0 Å². The number of nitrogens with zero attached hydrogens (tertiary/aromatic N) is 1. The van der Waals surface area contributed by atoms with Crippen molar-refractivity contribution >= 4 is 23.1 Å². The van der Waals surface area contributed by atoms with Crippen LogP contribution in [0.3, 0.4) is 0 Å². The van der Waals surface area contributed by atoms with E-state index < -0.39 is 12.0 Å². The highest BCUT2D eigenvalue weighted by Gasteiger charge is 2.39. The van der Waals surface area contributed by atoms with Crippen LogP contribution in [0.25, 0.3) is 5.57 Å². The summed E-state index contributed by atoms with van der Waals surface area (Å²) in [5, 5.41) is 11.1. The average Bonchev–Trinajstić information content (AvgIpc) is 3.03. The smallest absolute Gasteiger partial charge is 0.374 e. The van der Waals surface area contributed by atoms with Crippen LogP contribution in [-0.2, 0) is 9.63 Å². The quantitative estimate of drug-likeness (QED) is 0.942. The molecule has 0 spiro atoms. The summed E-state index contributed by atoms with van der Waals surface area (Å²) in [4.78, 5) is 16.8. The van der Waals surface area contributed by atoms with E-state index in [0.29, 0.717) is 11.3 Å². The Morgan fingerprint density at radius 3 is 2.52 bits per heavy atom. The Balaban J connectivity index is 2.15. The molecule has 0 saturated heterocycles. The molecule has 1 aliphatic heterocycles. The second kappa shape index (κ2) is 5.27. The van der Waals surface area contributed by atoms with E-state index in [2.05, 4.69) is 0 Å². The van der Waals surface area contributed by atoms with Gasteiger partial charge in [0.2, 0.25) is 5.76 Å². The molecule has 21 heavy (non-hydrogen) atoms. The number of benzene rings is 1. The third kappa shape index (κ3) is 2.41. The first-order chi connectivity index (χ1) is 10.1. The van der Waals surface area contributed by atoms with Gasteiger partial charge >= 0.3 is 5.97 Å². The van der Waals surface area contributed by atoms with E-state index in [4.69, 9.17) is 20.9 Å². The van der Waals surface area contributed by atoms with Crippen LogP contribution in [-0.4, -0.2) is 23.2 Å². The Labute approximate surface area is 125 Å². The van der Waals surface area contributed by atoms with E-state index in [1.54, 1.807) is 19.2 Å². The van der Waals surface area contributed by atoms with Crippen molar-refractivity contribution in [3.05, 3.63) is 64.8 Å².